The molecule has 2 unspecified atom stereocenters. The molecule has 0 bridgehead atoms. The Bertz CT molecular complexity index is 2130. The van der Waals surface area contributed by atoms with E-state index >= 15 is 0 Å². The van der Waals surface area contributed by atoms with Crippen molar-refractivity contribution < 1.29 is 14.2 Å². The van der Waals surface area contributed by atoms with Gasteiger partial charge in [0.1, 0.15) is 40.9 Å². The Balaban J connectivity index is 1.73. The molecule has 60 heavy (non-hydrogen) atoms. The molecule has 0 saturated heterocycles. The van der Waals surface area contributed by atoms with Gasteiger partial charge in [-0.1, -0.05) is 96.6 Å². The van der Waals surface area contributed by atoms with Crippen molar-refractivity contribution in [1.29, 1.82) is 15.8 Å². The average Bonchev–Trinajstić information content (AvgIpc) is 3.82. The van der Waals surface area contributed by atoms with E-state index in [1.807, 2.05) is 44.2 Å². The smallest absolute Gasteiger partial charge is 0.172 e. The number of nitriles is 3. The quantitative estimate of drug-likeness (QED) is 0.0693. The first-order chi connectivity index (χ1) is 29.1. The normalized spacial score (nSPS) is 14.6. The molecule has 0 aliphatic carbocycles. The number of hydrogen-bond acceptors (Lipinski definition) is 8. The number of unbranched alkanes of at least 4 members (excludes halogenated alkanes) is 2. The minimum Gasteiger partial charge on any atom is -0.493 e. The summed E-state index contributed by atoms with van der Waals surface area (Å²) in [6.45, 7) is 20.3. The van der Waals surface area contributed by atoms with Crippen LogP contribution in [0.15, 0.2) is 77.1 Å². The number of thiophene rings is 1. The Labute approximate surface area is 364 Å². The summed E-state index contributed by atoms with van der Waals surface area (Å²) in [4.78, 5) is 4.39. The van der Waals surface area contributed by atoms with E-state index in [0.717, 1.165) is 76.7 Å². The van der Waals surface area contributed by atoms with Gasteiger partial charge in [0.15, 0.2) is 11.3 Å². The van der Waals surface area contributed by atoms with Crippen LogP contribution < -0.4 is 14.4 Å². The molecular weight excluding hydrogens is 761 g/mol. The van der Waals surface area contributed by atoms with Gasteiger partial charge < -0.3 is 19.1 Å². The molecule has 7 nitrogen and oxygen atoms in total. The van der Waals surface area contributed by atoms with Gasteiger partial charge >= 0.3 is 0 Å². The molecular formula is C52H64N4O3S. The fourth-order valence-electron chi connectivity index (χ4n) is 7.25. The Morgan fingerprint density at radius 2 is 1.23 bits per heavy atom. The standard InChI is InChI=1S/C52H64N4O3S/c1-9-15-17-38(11-3)36-57-49-32-42(23-26-45-27-28-46(60-45)29-30-48-47(35-55)51(43(33-53)34-54)59-52(48,7)8)50(58-37-39(12-4)18-16-10-2)31-41(49)22-19-40-20-24-44(25-21-40)56(13-5)14-6/h19-32,38-39H,9-18,36-37H2,1-8H3/b22-19+,26-23+,30-29+. The molecule has 0 fully saturated rings. The molecule has 3 aromatic rings. The molecule has 2 heterocycles. The van der Waals surface area contributed by atoms with Gasteiger partial charge in [-0.3, -0.25) is 0 Å². The maximum atomic E-state index is 9.96. The predicted molar refractivity (Wildman–Crippen MR) is 251 cm³/mol. The summed E-state index contributed by atoms with van der Waals surface area (Å²) >= 11 is 1.62. The molecule has 2 atom stereocenters. The first-order valence-electron chi connectivity index (χ1n) is 21.9. The number of hydrogen-bond donors (Lipinski definition) is 0. The van der Waals surface area contributed by atoms with Gasteiger partial charge in [0.25, 0.3) is 0 Å². The highest BCUT2D eigenvalue weighted by molar-refractivity contribution is 7.13. The molecule has 1 aliphatic heterocycles. The number of allylic oxidation sites excluding steroid dienone is 2. The van der Waals surface area contributed by atoms with E-state index in [1.165, 1.54) is 31.4 Å². The highest BCUT2D eigenvalue weighted by atomic mass is 32.1. The fraction of sp³-hybridized carbons (Fsp3) is 0.442. The summed E-state index contributed by atoms with van der Waals surface area (Å²) in [5.41, 5.74) is 4.05. The van der Waals surface area contributed by atoms with Crippen molar-refractivity contribution in [3.05, 3.63) is 104 Å². The summed E-state index contributed by atoms with van der Waals surface area (Å²) in [5, 5.41) is 28.9. The van der Waals surface area contributed by atoms with Crippen molar-refractivity contribution in [2.75, 3.05) is 31.2 Å². The van der Waals surface area contributed by atoms with Crippen molar-refractivity contribution in [2.45, 2.75) is 112 Å². The van der Waals surface area contributed by atoms with Gasteiger partial charge in [-0.25, -0.2) is 0 Å². The van der Waals surface area contributed by atoms with E-state index in [-0.39, 0.29) is 16.9 Å². The Morgan fingerprint density at radius 3 is 1.70 bits per heavy atom. The summed E-state index contributed by atoms with van der Waals surface area (Å²) in [6.07, 6.45) is 21.5. The minimum absolute atomic E-state index is 0.0381. The molecule has 316 valence electrons. The third-order valence-electron chi connectivity index (χ3n) is 11.2. The van der Waals surface area contributed by atoms with Gasteiger partial charge in [-0.05, 0) is 113 Å². The topological polar surface area (TPSA) is 102 Å². The third-order valence-corrected chi connectivity index (χ3v) is 12.2. The maximum absolute atomic E-state index is 9.96. The van der Waals surface area contributed by atoms with Crippen LogP contribution in [0.2, 0.25) is 0 Å². The lowest BCUT2D eigenvalue weighted by Crippen LogP contribution is -2.21. The Morgan fingerprint density at radius 1 is 0.717 bits per heavy atom. The minimum atomic E-state index is -0.871. The van der Waals surface area contributed by atoms with Crippen LogP contribution in [0.4, 0.5) is 5.69 Å². The molecule has 0 spiro atoms. The second kappa shape index (κ2) is 23.9. The van der Waals surface area contributed by atoms with Crippen molar-refractivity contribution in [3.63, 3.8) is 0 Å². The van der Waals surface area contributed by atoms with Crippen LogP contribution in [-0.4, -0.2) is 31.9 Å². The predicted octanol–water partition coefficient (Wildman–Crippen LogP) is 14.1. The summed E-state index contributed by atoms with van der Waals surface area (Å²) < 4.78 is 19.4. The van der Waals surface area contributed by atoms with Crippen molar-refractivity contribution >= 4 is 47.4 Å². The number of ether oxygens (including phenoxy) is 3. The maximum Gasteiger partial charge on any atom is 0.172 e. The summed E-state index contributed by atoms with van der Waals surface area (Å²) in [6, 6.07) is 23.0. The number of anilines is 1. The lowest BCUT2D eigenvalue weighted by Gasteiger charge is -2.21. The van der Waals surface area contributed by atoms with Gasteiger partial charge in [0, 0.05) is 45.2 Å². The highest BCUT2D eigenvalue weighted by Crippen LogP contribution is 2.41. The van der Waals surface area contributed by atoms with Crippen LogP contribution in [0.1, 0.15) is 133 Å². The second-order valence-electron chi connectivity index (χ2n) is 15.8. The molecule has 8 heteroatoms. The van der Waals surface area contributed by atoms with Crippen LogP contribution in [0.25, 0.3) is 30.4 Å². The molecule has 1 aliphatic rings. The zero-order valence-corrected chi connectivity index (χ0v) is 38.0. The van der Waals surface area contributed by atoms with Crippen LogP contribution in [-0.2, 0) is 4.74 Å². The van der Waals surface area contributed by atoms with Crippen molar-refractivity contribution in [1.82, 2.24) is 0 Å². The van der Waals surface area contributed by atoms with Crippen molar-refractivity contribution in [2.24, 2.45) is 11.8 Å². The van der Waals surface area contributed by atoms with Gasteiger partial charge in [0.05, 0.1) is 13.2 Å². The average molecular weight is 825 g/mol. The second-order valence-corrected chi connectivity index (χ2v) is 17.0. The molecule has 2 aromatic carbocycles. The Hall–Kier alpha value is -5.49. The number of benzene rings is 2. The van der Waals surface area contributed by atoms with E-state index in [0.29, 0.717) is 30.6 Å². The molecule has 0 radical (unpaired) electrons. The number of nitrogens with zero attached hydrogens (tertiary/aromatic N) is 4. The van der Waals surface area contributed by atoms with Crippen LogP contribution in [0.5, 0.6) is 11.5 Å². The molecule has 0 N–H and O–H groups in total. The lowest BCUT2D eigenvalue weighted by molar-refractivity contribution is 0.0954. The van der Waals surface area contributed by atoms with E-state index in [2.05, 4.69) is 119 Å². The zero-order chi connectivity index (χ0) is 43.5. The van der Waals surface area contributed by atoms with Crippen molar-refractivity contribution in [3.8, 4) is 29.7 Å². The molecule has 4 rings (SSSR count). The van der Waals surface area contributed by atoms with E-state index in [1.54, 1.807) is 11.3 Å². The first kappa shape index (κ1) is 47.2. The largest absolute Gasteiger partial charge is 0.493 e. The SMILES string of the molecule is CCCCC(CC)COc1cc(/C=C/c2ccc(/C=C/C3=C(C#N)C(=C(C#N)C#N)OC3(C)C)s2)c(OCC(CC)CCCC)cc1/C=C/c1ccc(N(CC)CC)cc1. The zero-order valence-electron chi connectivity index (χ0n) is 37.1. The van der Waals surface area contributed by atoms with Crippen LogP contribution in [0, 0.1) is 45.8 Å². The molecule has 1 aromatic heterocycles. The summed E-state index contributed by atoms with van der Waals surface area (Å²) in [5.74, 6) is 2.66. The van der Waals surface area contributed by atoms with Gasteiger partial charge in [-0.2, -0.15) is 15.8 Å². The lowest BCUT2D eigenvalue weighted by atomic mass is 9.94. The van der Waals surface area contributed by atoms with Gasteiger partial charge in [0.2, 0.25) is 0 Å². The number of rotatable bonds is 23. The van der Waals surface area contributed by atoms with Crippen LogP contribution >= 0.6 is 11.3 Å². The van der Waals surface area contributed by atoms with Gasteiger partial charge in [-0.15, -0.1) is 11.3 Å². The third kappa shape index (κ3) is 13.0. The first-order valence-corrected chi connectivity index (χ1v) is 22.7. The Kier molecular flexibility index (Phi) is 18.8. The highest BCUT2D eigenvalue weighted by Gasteiger charge is 2.38. The van der Waals surface area contributed by atoms with Crippen LogP contribution in [0.3, 0.4) is 0 Å². The monoisotopic (exact) mass is 824 g/mol. The molecule has 0 amide bonds. The van der Waals surface area contributed by atoms with E-state index < -0.39 is 5.60 Å². The summed E-state index contributed by atoms with van der Waals surface area (Å²) in [7, 11) is 0. The molecule has 0 saturated carbocycles. The van der Waals surface area contributed by atoms with E-state index in [9.17, 15) is 15.8 Å². The fourth-order valence-corrected chi connectivity index (χ4v) is 8.07. The van der Waals surface area contributed by atoms with E-state index in [4.69, 9.17) is 14.2 Å².